The van der Waals surface area contributed by atoms with E-state index in [0.29, 0.717) is 39.4 Å². The number of carbonyl (C=O) groups is 2. The standard InChI is InChI=1S/C19H19ClN4O2S/c1-12(2)11-24-17(7-8-21-24)23-18(25)13-5-6-14(20)15(10-13)22-19(26)16-4-3-9-27-16/h3-10,12H,11H2,1-2H3,(H,22,26)(H,23,25). The van der Waals surface area contributed by atoms with E-state index in [1.54, 1.807) is 47.3 Å². The van der Waals surface area contributed by atoms with Crippen molar-refractivity contribution in [3.05, 3.63) is 63.4 Å². The second-order valence-corrected chi connectivity index (χ2v) is 7.73. The molecule has 0 saturated carbocycles. The van der Waals surface area contributed by atoms with E-state index < -0.39 is 0 Å². The average Bonchev–Trinajstić information content (AvgIpc) is 3.29. The van der Waals surface area contributed by atoms with E-state index in [0.717, 1.165) is 0 Å². The number of aromatic nitrogens is 2. The zero-order valence-electron chi connectivity index (χ0n) is 14.9. The van der Waals surface area contributed by atoms with Crippen LogP contribution in [-0.2, 0) is 6.54 Å². The van der Waals surface area contributed by atoms with Crippen molar-refractivity contribution in [2.75, 3.05) is 10.6 Å². The van der Waals surface area contributed by atoms with Crippen molar-refractivity contribution in [1.29, 1.82) is 0 Å². The molecule has 140 valence electrons. The third kappa shape index (κ3) is 4.75. The smallest absolute Gasteiger partial charge is 0.265 e. The summed E-state index contributed by atoms with van der Waals surface area (Å²) in [6.07, 6.45) is 1.65. The molecule has 0 aliphatic heterocycles. The molecule has 3 rings (SSSR count). The molecule has 2 heterocycles. The van der Waals surface area contributed by atoms with Gasteiger partial charge in [-0.2, -0.15) is 5.10 Å². The SMILES string of the molecule is CC(C)Cn1nccc1NC(=O)c1ccc(Cl)c(NC(=O)c2cccs2)c1. The van der Waals surface area contributed by atoms with Gasteiger partial charge in [0.2, 0.25) is 0 Å². The van der Waals surface area contributed by atoms with Gasteiger partial charge in [-0.3, -0.25) is 9.59 Å². The Labute approximate surface area is 166 Å². The fourth-order valence-corrected chi connectivity index (χ4v) is 3.26. The molecule has 2 N–H and O–H groups in total. The third-order valence-electron chi connectivity index (χ3n) is 3.72. The van der Waals surface area contributed by atoms with Crippen LogP contribution in [0.1, 0.15) is 33.9 Å². The number of amides is 2. The molecule has 6 nitrogen and oxygen atoms in total. The number of anilines is 2. The van der Waals surface area contributed by atoms with Crippen LogP contribution in [0.2, 0.25) is 5.02 Å². The van der Waals surface area contributed by atoms with Crippen molar-refractivity contribution >= 4 is 46.3 Å². The van der Waals surface area contributed by atoms with Gasteiger partial charge >= 0.3 is 0 Å². The molecule has 0 atom stereocenters. The summed E-state index contributed by atoms with van der Waals surface area (Å²) in [5.74, 6) is 0.450. The summed E-state index contributed by atoms with van der Waals surface area (Å²) in [7, 11) is 0. The summed E-state index contributed by atoms with van der Waals surface area (Å²) in [5, 5.41) is 12.0. The fourth-order valence-electron chi connectivity index (χ4n) is 2.47. The number of hydrogen-bond donors (Lipinski definition) is 2. The average molecular weight is 403 g/mol. The molecule has 3 aromatic rings. The highest BCUT2D eigenvalue weighted by Crippen LogP contribution is 2.25. The second kappa shape index (κ2) is 8.37. The predicted octanol–water partition coefficient (Wildman–Crippen LogP) is 4.76. The van der Waals surface area contributed by atoms with E-state index in [1.165, 1.54) is 11.3 Å². The van der Waals surface area contributed by atoms with Gasteiger partial charge in [0.1, 0.15) is 5.82 Å². The molecule has 27 heavy (non-hydrogen) atoms. The van der Waals surface area contributed by atoms with Crippen molar-refractivity contribution in [2.45, 2.75) is 20.4 Å². The van der Waals surface area contributed by atoms with Crippen LogP contribution in [0.4, 0.5) is 11.5 Å². The maximum absolute atomic E-state index is 12.6. The third-order valence-corrected chi connectivity index (χ3v) is 4.92. The Bertz CT molecular complexity index is 951. The van der Waals surface area contributed by atoms with Gasteiger partial charge in [0.15, 0.2) is 0 Å². The Balaban J connectivity index is 1.76. The molecule has 0 spiro atoms. The topological polar surface area (TPSA) is 76.0 Å². The van der Waals surface area contributed by atoms with Gasteiger partial charge < -0.3 is 10.6 Å². The first kappa shape index (κ1) is 19.1. The molecular formula is C19H19ClN4O2S. The normalized spacial score (nSPS) is 10.8. The Hall–Kier alpha value is -2.64. The number of nitrogens with zero attached hydrogens (tertiary/aromatic N) is 2. The first-order chi connectivity index (χ1) is 12.9. The molecule has 0 aliphatic carbocycles. The van der Waals surface area contributed by atoms with Crippen LogP contribution in [0.25, 0.3) is 0 Å². The Morgan fingerprint density at radius 1 is 1.19 bits per heavy atom. The van der Waals surface area contributed by atoms with Crippen LogP contribution >= 0.6 is 22.9 Å². The molecule has 0 saturated heterocycles. The largest absolute Gasteiger partial charge is 0.320 e. The molecule has 0 radical (unpaired) electrons. The van der Waals surface area contributed by atoms with E-state index in [2.05, 4.69) is 29.6 Å². The summed E-state index contributed by atoms with van der Waals surface area (Å²) in [5.41, 5.74) is 0.775. The number of nitrogens with one attached hydrogen (secondary N) is 2. The van der Waals surface area contributed by atoms with Gasteiger partial charge in [0.05, 0.1) is 21.8 Å². The summed E-state index contributed by atoms with van der Waals surface area (Å²) >= 11 is 7.51. The van der Waals surface area contributed by atoms with Gasteiger partial charge in [-0.15, -0.1) is 11.3 Å². The second-order valence-electron chi connectivity index (χ2n) is 6.37. The maximum Gasteiger partial charge on any atom is 0.265 e. The summed E-state index contributed by atoms with van der Waals surface area (Å²) in [6, 6.07) is 10.0. The van der Waals surface area contributed by atoms with E-state index >= 15 is 0 Å². The van der Waals surface area contributed by atoms with Crippen LogP contribution < -0.4 is 10.6 Å². The zero-order chi connectivity index (χ0) is 19.4. The van der Waals surface area contributed by atoms with E-state index in [1.807, 2.05) is 5.38 Å². The Kier molecular flexibility index (Phi) is 5.93. The lowest BCUT2D eigenvalue weighted by Crippen LogP contribution is -2.18. The predicted molar refractivity (Wildman–Crippen MR) is 109 cm³/mol. The van der Waals surface area contributed by atoms with Crippen LogP contribution in [0.3, 0.4) is 0 Å². The maximum atomic E-state index is 12.6. The minimum Gasteiger partial charge on any atom is -0.320 e. The van der Waals surface area contributed by atoms with Gasteiger partial charge in [-0.05, 0) is 35.6 Å². The first-order valence-electron chi connectivity index (χ1n) is 8.41. The monoisotopic (exact) mass is 402 g/mol. The van der Waals surface area contributed by atoms with Gasteiger partial charge in [-0.1, -0.05) is 31.5 Å². The summed E-state index contributed by atoms with van der Waals surface area (Å²) < 4.78 is 1.75. The van der Waals surface area contributed by atoms with Gasteiger partial charge in [0.25, 0.3) is 11.8 Å². The number of hydrogen-bond acceptors (Lipinski definition) is 4. The van der Waals surface area contributed by atoms with Crippen molar-refractivity contribution < 1.29 is 9.59 Å². The van der Waals surface area contributed by atoms with Crippen LogP contribution in [-0.4, -0.2) is 21.6 Å². The number of rotatable bonds is 6. The lowest BCUT2D eigenvalue weighted by molar-refractivity contribution is 0.101. The minimum absolute atomic E-state index is 0.264. The fraction of sp³-hybridized carbons (Fsp3) is 0.211. The number of carbonyl (C=O) groups excluding carboxylic acids is 2. The van der Waals surface area contributed by atoms with Crippen molar-refractivity contribution in [1.82, 2.24) is 9.78 Å². The van der Waals surface area contributed by atoms with Crippen molar-refractivity contribution in [2.24, 2.45) is 5.92 Å². The molecule has 1 aromatic carbocycles. The van der Waals surface area contributed by atoms with E-state index in [4.69, 9.17) is 11.6 Å². The van der Waals surface area contributed by atoms with Crippen LogP contribution in [0.5, 0.6) is 0 Å². The van der Waals surface area contributed by atoms with E-state index in [9.17, 15) is 9.59 Å². The van der Waals surface area contributed by atoms with Gasteiger partial charge in [-0.25, -0.2) is 4.68 Å². The van der Waals surface area contributed by atoms with Crippen LogP contribution in [0.15, 0.2) is 48.0 Å². The highest BCUT2D eigenvalue weighted by Gasteiger charge is 2.14. The first-order valence-corrected chi connectivity index (χ1v) is 9.67. The highest BCUT2D eigenvalue weighted by molar-refractivity contribution is 7.12. The van der Waals surface area contributed by atoms with Gasteiger partial charge in [0, 0.05) is 18.2 Å². The summed E-state index contributed by atoms with van der Waals surface area (Å²) in [4.78, 5) is 25.4. The molecule has 2 aromatic heterocycles. The molecule has 0 aliphatic rings. The number of thiophene rings is 1. The lowest BCUT2D eigenvalue weighted by Gasteiger charge is -2.12. The molecule has 0 fully saturated rings. The quantitative estimate of drug-likeness (QED) is 0.624. The van der Waals surface area contributed by atoms with E-state index in [-0.39, 0.29) is 11.8 Å². The zero-order valence-corrected chi connectivity index (χ0v) is 16.5. The minimum atomic E-state index is -0.302. The summed E-state index contributed by atoms with van der Waals surface area (Å²) in [6.45, 7) is 4.86. The van der Waals surface area contributed by atoms with Crippen molar-refractivity contribution in [3.63, 3.8) is 0 Å². The molecule has 2 amide bonds. The number of benzene rings is 1. The number of halogens is 1. The van der Waals surface area contributed by atoms with Crippen LogP contribution in [0, 0.1) is 5.92 Å². The Morgan fingerprint density at radius 3 is 2.70 bits per heavy atom. The molecular weight excluding hydrogens is 384 g/mol. The van der Waals surface area contributed by atoms with Crippen molar-refractivity contribution in [3.8, 4) is 0 Å². The highest BCUT2D eigenvalue weighted by atomic mass is 35.5. The lowest BCUT2D eigenvalue weighted by atomic mass is 10.2. The molecule has 0 bridgehead atoms. The molecule has 8 heteroatoms. The Morgan fingerprint density at radius 2 is 2.00 bits per heavy atom. The molecule has 0 unspecified atom stereocenters.